The largest absolute Gasteiger partial charge is 0.326 e. The van der Waals surface area contributed by atoms with Gasteiger partial charge in [0.25, 0.3) is 0 Å². The first-order chi connectivity index (χ1) is 11.3. The molecule has 0 unspecified atom stereocenters. The molecule has 0 fully saturated rings. The number of fused-ring (bicyclic) bond motifs is 1. The summed E-state index contributed by atoms with van der Waals surface area (Å²) in [7, 11) is 0. The summed E-state index contributed by atoms with van der Waals surface area (Å²) >= 11 is 4.99. The number of aryl methyl sites for hydroxylation is 1. The Hall–Kier alpha value is -1.13. The topological polar surface area (TPSA) is 29.1 Å². The van der Waals surface area contributed by atoms with Gasteiger partial charge in [-0.15, -0.1) is 11.3 Å². The number of benzene rings is 1. The van der Waals surface area contributed by atoms with E-state index in [2.05, 4.69) is 27.3 Å². The van der Waals surface area contributed by atoms with E-state index in [-0.39, 0.29) is 5.91 Å². The molecule has 4 heteroatoms. The summed E-state index contributed by atoms with van der Waals surface area (Å²) in [5, 5.41) is 4.85. The first-order valence-electron chi connectivity index (χ1n) is 8.32. The highest BCUT2D eigenvalue weighted by Gasteiger charge is 2.12. The third-order valence-corrected chi connectivity index (χ3v) is 3.88. The van der Waals surface area contributed by atoms with E-state index in [4.69, 9.17) is 0 Å². The van der Waals surface area contributed by atoms with E-state index < -0.39 is 0 Å². The fourth-order valence-electron chi connectivity index (χ4n) is 1.58. The van der Waals surface area contributed by atoms with Crippen LogP contribution in [0.15, 0.2) is 45.6 Å². The summed E-state index contributed by atoms with van der Waals surface area (Å²) in [6.45, 7) is 12.0. The molecule has 1 amide bonds. The predicted molar refractivity (Wildman–Crippen MR) is 109 cm³/mol. The average Bonchev–Trinajstić information content (AvgIpc) is 3.12. The summed E-state index contributed by atoms with van der Waals surface area (Å²) < 4.78 is 1.20. The Morgan fingerprint density at radius 2 is 1.52 bits per heavy atom. The van der Waals surface area contributed by atoms with Crippen molar-refractivity contribution in [2.24, 2.45) is 0 Å². The van der Waals surface area contributed by atoms with Crippen LogP contribution in [0.4, 0.5) is 5.69 Å². The molecule has 2 nitrogen and oxygen atoms in total. The van der Waals surface area contributed by atoms with Gasteiger partial charge in [0.05, 0.1) is 3.79 Å². The number of carbonyl (C=O) groups is 1. The molecule has 0 atom stereocenters. The number of carbonyl (C=O) groups excluding carboxylic acids is 1. The molecule has 0 saturated carbocycles. The van der Waals surface area contributed by atoms with Crippen molar-refractivity contribution in [3.8, 4) is 0 Å². The molecule has 1 aromatic carbocycles. The van der Waals surface area contributed by atoms with E-state index in [1.807, 2.05) is 77.3 Å². The van der Waals surface area contributed by atoms with Crippen LogP contribution in [0.2, 0.25) is 0 Å². The van der Waals surface area contributed by atoms with Crippen molar-refractivity contribution in [2.75, 3.05) is 5.32 Å². The van der Waals surface area contributed by atoms with Gasteiger partial charge in [-0.25, -0.2) is 0 Å². The molecular formula is C19H30BrNOS. The molecule has 0 radical (unpaired) electrons. The fourth-order valence-corrected chi connectivity index (χ4v) is 2.50. The molecule has 3 rings (SSSR count). The molecule has 1 N–H and O–H groups in total. The number of hydrogen-bond acceptors (Lipinski definition) is 2. The fraction of sp³-hybridized carbons (Fsp3) is 0.421. The van der Waals surface area contributed by atoms with Crippen LogP contribution in [-0.2, 0) is 11.2 Å². The van der Waals surface area contributed by atoms with Crippen LogP contribution < -0.4 is 5.32 Å². The zero-order chi connectivity index (χ0) is 18.1. The zero-order valence-corrected chi connectivity index (χ0v) is 17.6. The molecule has 1 aromatic heterocycles. The first-order valence-corrected chi connectivity index (χ1v) is 10.00. The Kier molecular flexibility index (Phi) is 18.1. The summed E-state index contributed by atoms with van der Waals surface area (Å²) in [6.07, 6.45) is 1.50. The predicted octanol–water partition coefficient (Wildman–Crippen LogP) is 7.16. The van der Waals surface area contributed by atoms with Crippen LogP contribution in [0, 0.1) is 0 Å². The van der Waals surface area contributed by atoms with Gasteiger partial charge in [0, 0.05) is 12.1 Å². The number of anilines is 1. The second-order valence-corrected chi connectivity index (χ2v) is 5.95. The highest BCUT2D eigenvalue weighted by molar-refractivity contribution is 9.11. The van der Waals surface area contributed by atoms with Gasteiger partial charge in [0.1, 0.15) is 0 Å². The third-order valence-electron chi connectivity index (χ3n) is 2.40. The summed E-state index contributed by atoms with van der Waals surface area (Å²) in [4.78, 5) is 10.9. The van der Waals surface area contributed by atoms with Gasteiger partial charge in [0.15, 0.2) is 0 Å². The lowest BCUT2D eigenvalue weighted by molar-refractivity contribution is -0.116. The van der Waals surface area contributed by atoms with Gasteiger partial charge in [-0.1, -0.05) is 65.8 Å². The molecule has 2 aromatic rings. The quantitative estimate of drug-likeness (QED) is 0.499. The normalized spacial score (nSPS) is 10.5. The maximum Gasteiger partial charge on any atom is 0.224 e. The Balaban J connectivity index is 0. The van der Waals surface area contributed by atoms with Gasteiger partial charge in [-0.3, -0.25) is 4.79 Å². The van der Waals surface area contributed by atoms with Gasteiger partial charge in [0.2, 0.25) is 5.91 Å². The zero-order valence-electron chi connectivity index (χ0n) is 15.2. The number of nitrogens with one attached hydrogen (secondary N) is 1. The minimum atomic E-state index is 0.128. The lowest BCUT2D eigenvalue weighted by Gasteiger charge is -2.15. The smallest absolute Gasteiger partial charge is 0.224 e. The second-order valence-electron chi connectivity index (χ2n) is 3.62. The van der Waals surface area contributed by atoms with Gasteiger partial charge >= 0.3 is 0 Å². The van der Waals surface area contributed by atoms with Crippen LogP contribution in [-0.4, -0.2) is 5.91 Å². The van der Waals surface area contributed by atoms with E-state index >= 15 is 0 Å². The molecule has 0 bridgehead atoms. The number of amides is 1. The molecule has 2 heterocycles. The SMILES string of the molecule is Brc1cccs1.CC.CC.CC.O=C1CCc2ccccc2N1. The molecule has 0 aliphatic carbocycles. The first kappa shape index (κ1) is 24.1. The molecule has 0 spiro atoms. The lowest BCUT2D eigenvalue weighted by Crippen LogP contribution is -2.18. The lowest BCUT2D eigenvalue weighted by atomic mass is 10.0. The number of thiophene rings is 1. The van der Waals surface area contributed by atoms with Crippen LogP contribution >= 0.6 is 27.3 Å². The number of rotatable bonds is 0. The highest BCUT2D eigenvalue weighted by Crippen LogP contribution is 2.20. The third kappa shape index (κ3) is 11.1. The van der Waals surface area contributed by atoms with Crippen molar-refractivity contribution in [2.45, 2.75) is 54.4 Å². The number of halogens is 1. The Morgan fingerprint density at radius 1 is 0.913 bits per heavy atom. The van der Waals surface area contributed by atoms with Gasteiger partial charge in [-0.2, -0.15) is 0 Å². The Labute approximate surface area is 154 Å². The van der Waals surface area contributed by atoms with Crippen LogP contribution in [0.1, 0.15) is 53.5 Å². The highest BCUT2D eigenvalue weighted by atomic mass is 79.9. The number of para-hydroxylation sites is 1. The van der Waals surface area contributed by atoms with Crippen molar-refractivity contribution in [3.05, 3.63) is 51.1 Å². The summed E-state index contributed by atoms with van der Waals surface area (Å²) in [5.74, 6) is 0.128. The number of hydrogen-bond donors (Lipinski definition) is 1. The van der Waals surface area contributed by atoms with Crippen molar-refractivity contribution in [1.29, 1.82) is 0 Å². The van der Waals surface area contributed by atoms with Crippen molar-refractivity contribution >= 4 is 38.9 Å². The molecule has 1 aliphatic heterocycles. The summed E-state index contributed by atoms with van der Waals surface area (Å²) in [5.41, 5.74) is 2.22. The van der Waals surface area contributed by atoms with E-state index in [9.17, 15) is 4.79 Å². The standard InChI is InChI=1S/C9H9NO.C4H3BrS.3C2H6/c11-9-6-5-7-3-1-2-4-8(7)10-9;5-4-2-1-3-6-4;3*1-2/h1-4H,5-6H2,(H,10,11);1-3H;3*1-2H3. The molecule has 0 saturated heterocycles. The minimum Gasteiger partial charge on any atom is -0.326 e. The Morgan fingerprint density at radius 3 is 2.00 bits per heavy atom. The van der Waals surface area contributed by atoms with Gasteiger partial charge in [-0.05, 0) is 45.4 Å². The summed E-state index contributed by atoms with van der Waals surface area (Å²) in [6, 6.07) is 11.9. The molecule has 130 valence electrons. The maximum absolute atomic E-state index is 10.9. The second kappa shape index (κ2) is 17.2. The van der Waals surface area contributed by atoms with Crippen LogP contribution in [0.3, 0.4) is 0 Å². The van der Waals surface area contributed by atoms with Crippen molar-refractivity contribution in [3.63, 3.8) is 0 Å². The van der Waals surface area contributed by atoms with E-state index in [1.54, 1.807) is 11.3 Å². The molecule has 23 heavy (non-hydrogen) atoms. The van der Waals surface area contributed by atoms with Crippen molar-refractivity contribution in [1.82, 2.24) is 0 Å². The molecular weight excluding hydrogens is 370 g/mol. The van der Waals surface area contributed by atoms with Crippen LogP contribution in [0.5, 0.6) is 0 Å². The minimum absolute atomic E-state index is 0.128. The average molecular weight is 400 g/mol. The van der Waals surface area contributed by atoms with E-state index in [1.165, 1.54) is 9.35 Å². The molecule has 1 aliphatic rings. The monoisotopic (exact) mass is 399 g/mol. The maximum atomic E-state index is 10.9. The van der Waals surface area contributed by atoms with Gasteiger partial charge < -0.3 is 5.32 Å². The van der Waals surface area contributed by atoms with E-state index in [0.29, 0.717) is 6.42 Å². The van der Waals surface area contributed by atoms with Crippen molar-refractivity contribution < 1.29 is 4.79 Å². The Bertz CT molecular complexity index is 498. The van der Waals surface area contributed by atoms with Crippen LogP contribution in [0.25, 0.3) is 0 Å². The van der Waals surface area contributed by atoms with E-state index in [0.717, 1.165) is 12.1 Å².